The van der Waals surface area contributed by atoms with E-state index in [2.05, 4.69) is 5.10 Å². The lowest BCUT2D eigenvalue weighted by molar-refractivity contribution is -0.146. The molecule has 0 bridgehead atoms. The summed E-state index contributed by atoms with van der Waals surface area (Å²) in [6.07, 6.45) is 5.19. The van der Waals surface area contributed by atoms with E-state index < -0.39 is 18.0 Å². The highest BCUT2D eigenvalue weighted by Crippen LogP contribution is 2.17. The highest BCUT2D eigenvalue weighted by molar-refractivity contribution is 7.99. The van der Waals surface area contributed by atoms with Crippen molar-refractivity contribution in [2.45, 2.75) is 58.7 Å². The van der Waals surface area contributed by atoms with Gasteiger partial charge in [0.05, 0.1) is 0 Å². The summed E-state index contributed by atoms with van der Waals surface area (Å²) in [6, 6.07) is 0.534. The number of thioether (sulfide) groups is 1. The summed E-state index contributed by atoms with van der Waals surface area (Å²) in [5, 5.41) is 4.17. The van der Waals surface area contributed by atoms with Crippen molar-refractivity contribution in [3.63, 3.8) is 0 Å². The minimum atomic E-state index is -0.686. The van der Waals surface area contributed by atoms with Crippen molar-refractivity contribution in [1.29, 1.82) is 0 Å². The van der Waals surface area contributed by atoms with Crippen LogP contribution < -0.4 is 5.73 Å². The number of aromatic nitrogens is 2. The predicted molar refractivity (Wildman–Crippen MR) is 116 cm³/mol. The fourth-order valence-electron chi connectivity index (χ4n) is 3.00. The van der Waals surface area contributed by atoms with Crippen LogP contribution in [0.15, 0.2) is 18.5 Å². The van der Waals surface area contributed by atoms with Gasteiger partial charge in [-0.05, 0) is 24.8 Å². The fraction of sp³-hybridized carbons (Fsp3) is 0.700. The van der Waals surface area contributed by atoms with Crippen molar-refractivity contribution in [2.75, 3.05) is 25.6 Å². The predicted octanol–water partition coefficient (Wildman–Crippen LogP) is 1.60. The molecule has 0 aliphatic rings. The molecular weight excluding hydrogens is 390 g/mol. The van der Waals surface area contributed by atoms with Crippen LogP contribution in [0.3, 0.4) is 0 Å². The average Bonchev–Trinajstić information content (AvgIpc) is 3.18. The van der Waals surface area contributed by atoms with E-state index in [1.165, 1.54) is 9.80 Å². The smallest absolute Gasteiger partial charge is 0.246 e. The molecule has 0 saturated carbocycles. The van der Waals surface area contributed by atoms with Gasteiger partial charge in [0.2, 0.25) is 17.7 Å². The number of nitrogens with zero attached hydrogens (tertiary/aromatic N) is 4. The maximum atomic E-state index is 13.2. The molecule has 0 aliphatic carbocycles. The number of aryl methyl sites for hydroxylation is 1. The van der Waals surface area contributed by atoms with E-state index in [4.69, 9.17) is 5.73 Å². The Labute approximate surface area is 178 Å². The second-order valence-electron chi connectivity index (χ2n) is 7.61. The number of carbonyl (C=O) groups excluding carboxylic acids is 3. The van der Waals surface area contributed by atoms with Gasteiger partial charge in [-0.2, -0.15) is 16.9 Å². The van der Waals surface area contributed by atoms with E-state index >= 15 is 0 Å². The monoisotopic (exact) mass is 425 g/mol. The van der Waals surface area contributed by atoms with Gasteiger partial charge in [0.15, 0.2) is 0 Å². The minimum Gasteiger partial charge on any atom is -0.368 e. The van der Waals surface area contributed by atoms with Crippen LogP contribution in [0.4, 0.5) is 0 Å². The number of carbonyl (C=O) groups is 3. The summed E-state index contributed by atoms with van der Waals surface area (Å²) in [5.41, 5.74) is 5.56. The van der Waals surface area contributed by atoms with Crippen LogP contribution in [-0.2, 0) is 20.9 Å². The van der Waals surface area contributed by atoms with E-state index in [-0.39, 0.29) is 17.7 Å². The Morgan fingerprint density at radius 2 is 1.86 bits per heavy atom. The Bertz CT molecular complexity index is 651. The normalized spacial score (nSPS) is 13.2. The van der Waals surface area contributed by atoms with Crippen molar-refractivity contribution in [2.24, 2.45) is 11.7 Å². The number of hydrogen-bond acceptors (Lipinski definition) is 5. The van der Waals surface area contributed by atoms with Crippen molar-refractivity contribution in [3.05, 3.63) is 18.5 Å². The number of amides is 3. The summed E-state index contributed by atoms with van der Waals surface area (Å²) in [5.74, 6) is 0.561. The number of rotatable bonds is 13. The molecule has 3 amide bonds. The minimum absolute atomic E-state index is 0.0774. The largest absolute Gasteiger partial charge is 0.368 e. The van der Waals surface area contributed by atoms with Crippen LogP contribution in [0.25, 0.3) is 0 Å². The Morgan fingerprint density at radius 1 is 1.17 bits per heavy atom. The summed E-state index contributed by atoms with van der Waals surface area (Å²) >= 11 is 1.58. The number of primary amides is 1. The highest BCUT2D eigenvalue weighted by Gasteiger charge is 2.34. The molecule has 1 aromatic heterocycles. The van der Waals surface area contributed by atoms with Gasteiger partial charge in [0.1, 0.15) is 12.1 Å². The zero-order valence-corrected chi connectivity index (χ0v) is 19.0. The van der Waals surface area contributed by atoms with Gasteiger partial charge < -0.3 is 15.5 Å². The molecule has 0 aromatic carbocycles. The summed E-state index contributed by atoms with van der Waals surface area (Å²) in [4.78, 5) is 40.5. The third kappa shape index (κ3) is 8.08. The number of nitrogens with two attached hydrogens (primary N) is 1. The van der Waals surface area contributed by atoms with Crippen LogP contribution in [0.1, 0.15) is 40.0 Å². The Kier molecular flexibility index (Phi) is 10.8. The molecule has 0 unspecified atom stereocenters. The van der Waals surface area contributed by atoms with Gasteiger partial charge in [0, 0.05) is 51.0 Å². The topological polar surface area (TPSA) is 102 Å². The summed E-state index contributed by atoms with van der Waals surface area (Å²) in [6.45, 7) is 6.61. The van der Waals surface area contributed by atoms with Gasteiger partial charge >= 0.3 is 0 Å². The molecule has 8 nitrogen and oxygen atoms in total. The van der Waals surface area contributed by atoms with Crippen LogP contribution in [-0.4, -0.2) is 75.0 Å². The Morgan fingerprint density at radius 3 is 2.38 bits per heavy atom. The molecule has 2 N–H and O–H groups in total. The van der Waals surface area contributed by atoms with Gasteiger partial charge in [-0.1, -0.05) is 20.8 Å². The van der Waals surface area contributed by atoms with E-state index in [0.717, 1.165) is 12.3 Å². The van der Waals surface area contributed by atoms with Crippen LogP contribution in [0, 0.1) is 5.92 Å². The third-order valence-electron chi connectivity index (χ3n) is 4.75. The molecule has 1 aromatic rings. The van der Waals surface area contributed by atoms with E-state index in [1.807, 2.05) is 37.7 Å². The summed E-state index contributed by atoms with van der Waals surface area (Å²) < 4.78 is 1.83. The first-order valence-electron chi connectivity index (χ1n) is 10.1. The molecule has 1 rings (SSSR count). The lowest BCUT2D eigenvalue weighted by atomic mass is 10.0. The van der Waals surface area contributed by atoms with E-state index in [9.17, 15) is 14.4 Å². The van der Waals surface area contributed by atoms with Crippen molar-refractivity contribution in [3.8, 4) is 0 Å². The molecule has 0 fully saturated rings. The average molecular weight is 426 g/mol. The first-order valence-corrected chi connectivity index (χ1v) is 11.2. The molecule has 0 saturated heterocycles. The standard InChI is InChI=1S/C20H35N5O3S/c1-6-8-18(26)23(4)17(14-29-12-11-25-10-7-9-22-25)20(28)24(5)16(19(21)27)13-15(2)3/h7,9-10,15-17H,6,8,11-14H2,1-5H3,(H2,21,27)/t16-,17+/m0/s1. The molecular formula is C20H35N5O3S. The molecule has 0 spiro atoms. The molecule has 29 heavy (non-hydrogen) atoms. The number of likely N-dealkylation sites (N-methyl/N-ethyl adjacent to an activating group) is 2. The summed E-state index contributed by atoms with van der Waals surface area (Å²) in [7, 11) is 3.25. The van der Waals surface area contributed by atoms with Crippen LogP contribution in [0.2, 0.25) is 0 Å². The van der Waals surface area contributed by atoms with Crippen LogP contribution in [0.5, 0.6) is 0 Å². The highest BCUT2D eigenvalue weighted by atomic mass is 32.2. The zero-order chi connectivity index (χ0) is 22.0. The molecule has 2 atom stereocenters. The van der Waals surface area contributed by atoms with E-state index in [0.29, 0.717) is 25.0 Å². The second kappa shape index (κ2) is 12.5. The lowest BCUT2D eigenvalue weighted by Crippen LogP contribution is -2.55. The maximum Gasteiger partial charge on any atom is 0.246 e. The SMILES string of the molecule is CCCC(=O)N(C)[C@H](CSCCn1cccn1)C(=O)N(C)[C@@H](CC(C)C)C(N)=O. The Hall–Kier alpha value is -2.03. The molecule has 0 aliphatic heterocycles. The lowest BCUT2D eigenvalue weighted by Gasteiger charge is -2.34. The molecule has 1 heterocycles. The van der Waals surface area contributed by atoms with Gasteiger partial charge in [0.25, 0.3) is 0 Å². The zero-order valence-electron chi connectivity index (χ0n) is 18.2. The maximum absolute atomic E-state index is 13.2. The first kappa shape index (κ1) is 25.0. The number of hydrogen-bond donors (Lipinski definition) is 1. The van der Waals surface area contributed by atoms with Crippen molar-refractivity contribution in [1.82, 2.24) is 19.6 Å². The molecule has 9 heteroatoms. The quantitative estimate of drug-likeness (QED) is 0.484. The van der Waals surface area contributed by atoms with Gasteiger partial charge in [-0.15, -0.1) is 0 Å². The van der Waals surface area contributed by atoms with Gasteiger partial charge in [-0.3, -0.25) is 19.1 Å². The van der Waals surface area contributed by atoms with Gasteiger partial charge in [-0.25, -0.2) is 0 Å². The second-order valence-corrected chi connectivity index (χ2v) is 8.76. The van der Waals surface area contributed by atoms with Crippen molar-refractivity contribution < 1.29 is 14.4 Å². The molecule has 0 radical (unpaired) electrons. The fourth-order valence-corrected chi connectivity index (χ4v) is 4.07. The molecule has 164 valence electrons. The van der Waals surface area contributed by atoms with Crippen LogP contribution >= 0.6 is 11.8 Å². The Balaban J connectivity index is 2.87. The van der Waals surface area contributed by atoms with Crippen molar-refractivity contribution >= 4 is 29.5 Å². The third-order valence-corrected chi connectivity index (χ3v) is 5.77. The first-order chi connectivity index (χ1) is 13.7. The van der Waals surface area contributed by atoms with E-state index in [1.54, 1.807) is 32.1 Å².